The molecule has 1 unspecified atom stereocenters. The molecule has 1 saturated heterocycles. The normalized spacial score (nSPS) is 19.4. The van der Waals surface area contributed by atoms with Crippen molar-refractivity contribution in [2.24, 2.45) is 5.92 Å². The quantitative estimate of drug-likeness (QED) is 0.708. The van der Waals surface area contributed by atoms with E-state index in [0.717, 1.165) is 12.8 Å². The summed E-state index contributed by atoms with van der Waals surface area (Å²) in [6.45, 7) is 3.47. The largest absolute Gasteiger partial charge is 0.352 e. The molecular weight excluding hydrogens is 356 g/mol. The number of benzene rings is 1. The minimum Gasteiger partial charge on any atom is -0.352 e. The van der Waals surface area contributed by atoms with Crippen LogP contribution in [-0.2, 0) is 4.79 Å². The highest BCUT2D eigenvalue weighted by Crippen LogP contribution is 2.32. The van der Waals surface area contributed by atoms with Crippen LogP contribution in [0.25, 0.3) is 0 Å². The Morgan fingerprint density at radius 1 is 1.27 bits per heavy atom. The maximum Gasteiger partial charge on any atom is 0.319 e. The van der Waals surface area contributed by atoms with E-state index in [4.69, 9.17) is 11.6 Å². The van der Waals surface area contributed by atoms with Gasteiger partial charge in [0.05, 0.1) is 10.6 Å². The van der Waals surface area contributed by atoms with Crippen LogP contribution < -0.4 is 16.0 Å². The van der Waals surface area contributed by atoms with Gasteiger partial charge in [0.1, 0.15) is 0 Å². The van der Waals surface area contributed by atoms with Gasteiger partial charge >= 0.3 is 6.03 Å². The second kappa shape index (κ2) is 7.95. The number of hydrogen-bond donors (Lipinski definition) is 3. The number of amides is 4. The van der Waals surface area contributed by atoms with E-state index in [0.29, 0.717) is 48.4 Å². The van der Waals surface area contributed by atoms with E-state index in [9.17, 15) is 14.4 Å². The molecule has 2 fully saturated rings. The zero-order chi connectivity index (χ0) is 18.7. The van der Waals surface area contributed by atoms with Crippen LogP contribution in [0.15, 0.2) is 18.2 Å². The van der Waals surface area contributed by atoms with Gasteiger partial charge in [0.15, 0.2) is 0 Å². The molecule has 8 heteroatoms. The highest BCUT2D eigenvalue weighted by molar-refractivity contribution is 6.34. The number of nitrogens with zero attached hydrogens (tertiary/aromatic N) is 1. The van der Waals surface area contributed by atoms with E-state index < -0.39 is 0 Å². The molecule has 1 aromatic carbocycles. The molecule has 4 amide bonds. The van der Waals surface area contributed by atoms with Crippen molar-refractivity contribution < 1.29 is 14.4 Å². The van der Waals surface area contributed by atoms with Crippen LogP contribution in [0.2, 0.25) is 5.02 Å². The summed E-state index contributed by atoms with van der Waals surface area (Å²) in [6, 6.07) is 4.80. The Bertz CT molecular complexity index is 720. The molecule has 3 rings (SSSR count). The van der Waals surface area contributed by atoms with Gasteiger partial charge in [-0.2, -0.15) is 0 Å². The number of carbonyl (C=O) groups is 3. The fraction of sp³-hybridized carbons (Fsp3) is 0.500. The highest BCUT2D eigenvalue weighted by Gasteiger charge is 2.39. The summed E-state index contributed by atoms with van der Waals surface area (Å²) in [5.74, 6) is 0.0418. The van der Waals surface area contributed by atoms with E-state index in [1.165, 1.54) is 0 Å². The van der Waals surface area contributed by atoms with E-state index in [1.54, 1.807) is 18.2 Å². The third-order valence-corrected chi connectivity index (χ3v) is 4.91. The minimum absolute atomic E-state index is 0.143. The molecule has 0 radical (unpaired) electrons. The van der Waals surface area contributed by atoms with Crippen molar-refractivity contribution in [1.29, 1.82) is 0 Å². The predicted molar refractivity (Wildman–Crippen MR) is 99.3 cm³/mol. The third-order valence-electron chi connectivity index (χ3n) is 4.58. The van der Waals surface area contributed by atoms with Crippen LogP contribution in [0.3, 0.4) is 0 Å². The molecule has 1 saturated carbocycles. The van der Waals surface area contributed by atoms with Gasteiger partial charge in [0.25, 0.3) is 5.91 Å². The van der Waals surface area contributed by atoms with Gasteiger partial charge in [0, 0.05) is 43.7 Å². The van der Waals surface area contributed by atoms with Crippen molar-refractivity contribution in [3.8, 4) is 0 Å². The van der Waals surface area contributed by atoms with Crippen molar-refractivity contribution in [2.75, 3.05) is 25.0 Å². The molecule has 26 heavy (non-hydrogen) atoms. The summed E-state index contributed by atoms with van der Waals surface area (Å²) >= 11 is 6.04. The summed E-state index contributed by atoms with van der Waals surface area (Å²) in [4.78, 5) is 37.9. The first-order chi connectivity index (χ1) is 12.5. The Hall–Kier alpha value is -2.28. The van der Waals surface area contributed by atoms with Crippen LogP contribution in [-0.4, -0.2) is 48.4 Å². The number of likely N-dealkylation sites (tertiary alicyclic amines) is 1. The first-order valence-electron chi connectivity index (χ1n) is 8.90. The van der Waals surface area contributed by atoms with Crippen molar-refractivity contribution in [2.45, 2.75) is 32.2 Å². The maximum absolute atomic E-state index is 12.1. The number of anilines is 1. The lowest BCUT2D eigenvalue weighted by Crippen LogP contribution is -2.34. The Morgan fingerprint density at radius 3 is 2.73 bits per heavy atom. The lowest BCUT2D eigenvalue weighted by Gasteiger charge is -2.16. The molecule has 0 aromatic heterocycles. The summed E-state index contributed by atoms with van der Waals surface area (Å²) in [6.07, 6.45) is 2.67. The number of halogens is 1. The van der Waals surface area contributed by atoms with Crippen LogP contribution in [0.4, 0.5) is 10.5 Å². The van der Waals surface area contributed by atoms with Gasteiger partial charge in [-0.3, -0.25) is 9.59 Å². The van der Waals surface area contributed by atoms with E-state index in [2.05, 4.69) is 16.0 Å². The van der Waals surface area contributed by atoms with Gasteiger partial charge in [0.2, 0.25) is 5.91 Å². The molecule has 140 valence electrons. The van der Waals surface area contributed by atoms with Gasteiger partial charge in [-0.25, -0.2) is 4.79 Å². The van der Waals surface area contributed by atoms with Gasteiger partial charge in [-0.05, 0) is 38.0 Å². The van der Waals surface area contributed by atoms with Crippen molar-refractivity contribution in [1.82, 2.24) is 15.5 Å². The van der Waals surface area contributed by atoms with Crippen LogP contribution in [0, 0.1) is 5.92 Å². The summed E-state index contributed by atoms with van der Waals surface area (Å²) in [5, 5.41) is 8.51. The molecule has 0 spiro atoms. The first kappa shape index (κ1) is 18.5. The zero-order valence-electron chi connectivity index (χ0n) is 14.7. The van der Waals surface area contributed by atoms with Crippen molar-refractivity contribution in [3.63, 3.8) is 0 Å². The molecule has 1 aliphatic carbocycles. The van der Waals surface area contributed by atoms with Crippen molar-refractivity contribution in [3.05, 3.63) is 28.8 Å². The number of carbonyl (C=O) groups excluding carboxylic acids is 3. The summed E-state index contributed by atoms with van der Waals surface area (Å²) < 4.78 is 0. The first-order valence-corrected chi connectivity index (χ1v) is 9.27. The molecule has 1 atom stereocenters. The molecule has 1 aromatic rings. The number of nitrogens with one attached hydrogen (secondary N) is 3. The lowest BCUT2D eigenvalue weighted by molar-refractivity contribution is -0.128. The summed E-state index contributed by atoms with van der Waals surface area (Å²) in [5.41, 5.74) is 0.794. The van der Waals surface area contributed by atoms with Gasteiger partial charge in [-0.1, -0.05) is 11.6 Å². The van der Waals surface area contributed by atoms with Crippen LogP contribution >= 0.6 is 11.6 Å². The lowest BCUT2D eigenvalue weighted by atomic mass is 10.1. The Balaban J connectivity index is 1.51. The zero-order valence-corrected chi connectivity index (χ0v) is 15.4. The molecule has 3 N–H and O–H groups in total. The third kappa shape index (κ3) is 4.46. The second-order valence-corrected chi connectivity index (χ2v) is 7.14. The molecule has 0 bridgehead atoms. The monoisotopic (exact) mass is 378 g/mol. The smallest absolute Gasteiger partial charge is 0.319 e. The standard InChI is InChI=1S/C18H23ClN4O3/c1-2-20-17(25)14-8-12(3-6-15(14)19)22-18(26)21-9-11-7-16(24)23(10-11)13-4-5-13/h3,6,8,11,13H,2,4-5,7,9-10H2,1H3,(H,20,25)(H2,21,22,26). The average Bonchev–Trinajstić information content (AvgIpc) is 3.38. The van der Waals surface area contributed by atoms with Crippen LogP contribution in [0.1, 0.15) is 36.5 Å². The van der Waals surface area contributed by atoms with E-state index in [-0.39, 0.29) is 23.8 Å². The average molecular weight is 379 g/mol. The van der Waals surface area contributed by atoms with E-state index >= 15 is 0 Å². The van der Waals surface area contributed by atoms with Crippen molar-refractivity contribution >= 4 is 35.1 Å². The van der Waals surface area contributed by atoms with E-state index in [1.807, 2.05) is 11.8 Å². The minimum atomic E-state index is -0.369. The fourth-order valence-electron chi connectivity index (χ4n) is 3.13. The molecule has 2 aliphatic rings. The number of urea groups is 1. The molecule has 1 heterocycles. The summed E-state index contributed by atoms with van der Waals surface area (Å²) in [7, 11) is 0. The Labute approximate surface area is 157 Å². The Kier molecular flexibility index (Phi) is 5.66. The molecule has 1 aliphatic heterocycles. The fourth-order valence-corrected chi connectivity index (χ4v) is 3.33. The number of rotatable bonds is 6. The Morgan fingerprint density at radius 2 is 2.04 bits per heavy atom. The van der Waals surface area contributed by atoms with Crippen LogP contribution in [0.5, 0.6) is 0 Å². The topological polar surface area (TPSA) is 90.5 Å². The number of hydrogen-bond acceptors (Lipinski definition) is 3. The predicted octanol–water partition coefficient (Wildman–Crippen LogP) is 2.22. The van der Waals surface area contributed by atoms with Gasteiger partial charge < -0.3 is 20.9 Å². The molecule has 7 nitrogen and oxygen atoms in total. The molecular formula is C18H23ClN4O3. The maximum atomic E-state index is 12.1. The SMILES string of the molecule is CCNC(=O)c1cc(NC(=O)NCC2CC(=O)N(C3CC3)C2)ccc1Cl. The van der Waals surface area contributed by atoms with Gasteiger partial charge in [-0.15, -0.1) is 0 Å². The second-order valence-electron chi connectivity index (χ2n) is 6.74. The highest BCUT2D eigenvalue weighted by atomic mass is 35.5.